The lowest BCUT2D eigenvalue weighted by Gasteiger charge is -2.38. The second-order valence-electron chi connectivity index (χ2n) is 10.0. The number of rotatable bonds is 7. The molecule has 0 aromatic heterocycles. The molecule has 0 bridgehead atoms. The van der Waals surface area contributed by atoms with Crippen LogP contribution in [0.1, 0.15) is 41.5 Å². The summed E-state index contributed by atoms with van der Waals surface area (Å²) in [6, 6.07) is 0. The first-order chi connectivity index (χ1) is 11.1. The fourth-order valence-electron chi connectivity index (χ4n) is 1.91. The lowest BCUT2D eigenvalue weighted by molar-refractivity contribution is -0.0960. The average molecular weight is 409 g/mol. The molecule has 1 saturated heterocycles. The Bertz CT molecular complexity index is 392. The van der Waals surface area contributed by atoms with Crippen LogP contribution in [0.4, 0.5) is 0 Å². The maximum atomic E-state index is 6.44. The van der Waals surface area contributed by atoms with Gasteiger partial charge < -0.3 is 18.3 Å². The summed E-state index contributed by atoms with van der Waals surface area (Å²) in [5.74, 6) is 0. The van der Waals surface area contributed by atoms with Crippen molar-refractivity contribution in [3.8, 4) is 0 Å². The van der Waals surface area contributed by atoms with Crippen LogP contribution < -0.4 is 0 Å². The van der Waals surface area contributed by atoms with E-state index in [0.29, 0.717) is 13.2 Å². The molecule has 25 heavy (non-hydrogen) atoms. The Kier molecular flexibility index (Phi) is 7.88. The highest BCUT2D eigenvalue weighted by Crippen LogP contribution is 2.41. The molecule has 1 aliphatic rings. The van der Waals surface area contributed by atoms with Gasteiger partial charge in [-0.05, 0) is 36.3 Å². The van der Waals surface area contributed by atoms with E-state index in [0.717, 1.165) is 0 Å². The summed E-state index contributed by atoms with van der Waals surface area (Å²) in [6.45, 7) is 24.1. The lowest BCUT2D eigenvalue weighted by atomic mass is 10.2. The minimum atomic E-state index is -1.79. The van der Waals surface area contributed by atoms with E-state index in [9.17, 15) is 0 Å². The van der Waals surface area contributed by atoms with Crippen molar-refractivity contribution in [2.24, 2.45) is 0 Å². The zero-order valence-corrected chi connectivity index (χ0v) is 21.0. The third-order valence-corrected chi connectivity index (χ3v) is 16.3. The largest absolute Gasteiger partial charge is 0.416 e. The van der Waals surface area contributed by atoms with Crippen LogP contribution in [0.25, 0.3) is 0 Å². The predicted molar refractivity (Wildman–Crippen MR) is 113 cm³/mol. The monoisotopic (exact) mass is 408 g/mol. The molecule has 3 atom stereocenters. The first-order valence-corrected chi connectivity index (χ1v) is 16.0. The molecule has 0 aromatic rings. The Morgan fingerprint density at radius 2 is 1.28 bits per heavy atom. The maximum Gasteiger partial charge on any atom is 0.207 e. The number of ether oxygens (including phenoxy) is 2. The zero-order valence-electron chi connectivity index (χ0n) is 18.2. The fraction of sp³-hybridized carbons (Fsp3) is 1.00. The van der Waals surface area contributed by atoms with Crippen molar-refractivity contribution in [2.45, 2.75) is 94.8 Å². The molecule has 1 rings (SSSR count). The van der Waals surface area contributed by atoms with Crippen LogP contribution in [0, 0.1) is 0 Å². The van der Waals surface area contributed by atoms with Gasteiger partial charge in [0.2, 0.25) is 5.62 Å². The summed E-state index contributed by atoms with van der Waals surface area (Å²) in [6.07, 6.45) is 0.0221. The third kappa shape index (κ3) is 6.33. The molecule has 4 nitrogen and oxygen atoms in total. The summed E-state index contributed by atoms with van der Waals surface area (Å²) in [4.78, 5) is 0. The van der Waals surface area contributed by atoms with E-state index in [1.165, 1.54) is 0 Å². The molecule has 150 valence electrons. The summed E-state index contributed by atoms with van der Waals surface area (Å²) >= 11 is 1.72. The first kappa shape index (κ1) is 23.7. The number of hydrogen-bond donors (Lipinski definition) is 0. The minimum Gasteiger partial charge on any atom is -0.416 e. The van der Waals surface area contributed by atoms with Gasteiger partial charge in [-0.15, -0.1) is 0 Å². The maximum absolute atomic E-state index is 6.44. The molecule has 0 aromatic carbocycles. The van der Waals surface area contributed by atoms with E-state index in [2.05, 4.69) is 67.7 Å². The van der Waals surface area contributed by atoms with Crippen LogP contribution >= 0.6 is 11.8 Å². The van der Waals surface area contributed by atoms with Crippen LogP contribution in [-0.2, 0) is 18.3 Å². The highest BCUT2D eigenvalue weighted by Gasteiger charge is 2.43. The highest BCUT2D eigenvalue weighted by molar-refractivity contribution is 8.00. The van der Waals surface area contributed by atoms with E-state index in [1.54, 1.807) is 18.9 Å². The van der Waals surface area contributed by atoms with Crippen molar-refractivity contribution < 1.29 is 18.3 Å². The van der Waals surface area contributed by atoms with Gasteiger partial charge >= 0.3 is 0 Å². The van der Waals surface area contributed by atoms with Crippen LogP contribution in [0.5, 0.6) is 0 Å². The molecule has 0 N–H and O–H groups in total. The van der Waals surface area contributed by atoms with Crippen molar-refractivity contribution in [3.63, 3.8) is 0 Å². The molecule has 0 aliphatic carbocycles. The van der Waals surface area contributed by atoms with E-state index in [-0.39, 0.29) is 27.1 Å². The molecule has 7 heteroatoms. The molecule has 1 heterocycles. The first-order valence-electron chi connectivity index (χ1n) is 9.22. The van der Waals surface area contributed by atoms with Gasteiger partial charge in [-0.3, -0.25) is 0 Å². The fourth-order valence-corrected chi connectivity index (χ4v) is 5.14. The van der Waals surface area contributed by atoms with E-state index < -0.39 is 16.6 Å². The van der Waals surface area contributed by atoms with Gasteiger partial charge in [-0.25, -0.2) is 0 Å². The molecule has 0 spiro atoms. The summed E-state index contributed by atoms with van der Waals surface area (Å²) in [5.41, 5.74) is -0.221. The van der Waals surface area contributed by atoms with Gasteiger partial charge in [0, 0.05) is 13.7 Å². The number of thioether (sulfide) groups is 1. The molecule has 0 radical (unpaired) electrons. The summed E-state index contributed by atoms with van der Waals surface area (Å²) in [5, 5.41) is 0.668. The van der Waals surface area contributed by atoms with E-state index in [4.69, 9.17) is 18.3 Å². The average Bonchev–Trinajstić information content (AvgIpc) is 2.83. The molecule has 0 saturated carbocycles. The Labute approximate surface area is 162 Å². The van der Waals surface area contributed by atoms with Crippen LogP contribution in [0.2, 0.25) is 36.3 Å². The van der Waals surface area contributed by atoms with Crippen LogP contribution in [0.3, 0.4) is 0 Å². The van der Waals surface area contributed by atoms with Crippen molar-refractivity contribution in [2.75, 3.05) is 20.3 Å². The smallest absolute Gasteiger partial charge is 0.207 e. The molecular weight excluding hydrogens is 368 g/mol. The molecular formula is C18H40O4SSi2. The number of hydrogen-bond acceptors (Lipinski definition) is 5. The van der Waals surface area contributed by atoms with Gasteiger partial charge in [-0.1, -0.05) is 53.3 Å². The lowest BCUT2D eigenvalue weighted by Crippen LogP contribution is -2.46. The Hall–Kier alpha value is 0.624. The molecule has 0 amide bonds. The topological polar surface area (TPSA) is 36.9 Å². The van der Waals surface area contributed by atoms with Crippen LogP contribution in [-0.4, -0.2) is 53.9 Å². The van der Waals surface area contributed by atoms with Crippen LogP contribution in [0.15, 0.2) is 0 Å². The Balaban J connectivity index is 2.70. The van der Waals surface area contributed by atoms with Gasteiger partial charge in [0.05, 0.1) is 18.0 Å². The van der Waals surface area contributed by atoms with E-state index in [1.807, 2.05) is 0 Å². The molecule has 1 fully saturated rings. The Morgan fingerprint density at radius 3 is 1.68 bits per heavy atom. The normalized spacial score (nSPS) is 26.3. The van der Waals surface area contributed by atoms with Gasteiger partial charge in [0.1, 0.15) is 0 Å². The highest BCUT2D eigenvalue weighted by atomic mass is 32.2. The standard InChI is InChI=1S/C18H40O4SSi2/c1-17(2,3)24(8,9)20-12-14-15(23-16(19-7)22-14)13-21-25(10,11)18(4,5)6/h14-16H,12-13H2,1-11H3/t14-,15-,16-/m1/s1. The van der Waals surface area contributed by atoms with E-state index >= 15 is 0 Å². The van der Waals surface area contributed by atoms with Crippen molar-refractivity contribution in [3.05, 3.63) is 0 Å². The predicted octanol–water partition coefficient (Wildman–Crippen LogP) is 5.46. The molecule has 1 aliphatic heterocycles. The minimum absolute atomic E-state index is 0.0221. The van der Waals surface area contributed by atoms with Crippen molar-refractivity contribution in [1.29, 1.82) is 0 Å². The molecule has 0 unspecified atom stereocenters. The second kappa shape index (κ2) is 8.33. The van der Waals surface area contributed by atoms with Gasteiger partial charge in [-0.2, -0.15) is 0 Å². The van der Waals surface area contributed by atoms with Crippen molar-refractivity contribution >= 4 is 28.4 Å². The van der Waals surface area contributed by atoms with Crippen molar-refractivity contribution in [1.82, 2.24) is 0 Å². The quantitative estimate of drug-likeness (QED) is 0.523. The van der Waals surface area contributed by atoms with Gasteiger partial charge in [0.15, 0.2) is 16.6 Å². The Morgan fingerprint density at radius 1 is 0.840 bits per heavy atom. The van der Waals surface area contributed by atoms with Gasteiger partial charge in [0.25, 0.3) is 0 Å². The second-order valence-corrected chi connectivity index (χ2v) is 20.9. The number of methoxy groups -OCH3 is 1. The third-order valence-electron chi connectivity index (χ3n) is 6.01. The zero-order chi connectivity index (χ0) is 19.7. The summed E-state index contributed by atoms with van der Waals surface area (Å²) < 4.78 is 24.3. The SMILES string of the molecule is CO[C@@H]1O[C@H](CO[Si](C)(C)C(C)(C)C)[C@@H](CO[Si](C)(C)C(C)(C)C)S1. The summed E-state index contributed by atoms with van der Waals surface area (Å²) in [7, 11) is -1.86.